The van der Waals surface area contributed by atoms with Gasteiger partial charge in [0.25, 0.3) is 0 Å². The third-order valence-corrected chi connectivity index (χ3v) is 2.27. The molecular formula is C13H20O2. The van der Waals surface area contributed by atoms with Crippen LogP contribution < -0.4 is 0 Å². The van der Waals surface area contributed by atoms with E-state index in [0.29, 0.717) is 5.92 Å². The van der Waals surface area contributed by atoms with Crippen molar-refractivity contribution in [3.63, 3.8) is 0 Å². The van der Waals surface area contributed by atoms with Gasteiger partial charge in [0, 0.05) is 6.92 Å². The summed E-state index contributed by atoms with van der Waals surface area (Å²) < 4.78 is 4.11. The molecule has 0 aliphatic rings. The maximum Gasteiger partial charge on any atom is 0.302 e. The Balaban J connectivity index is 0.000000336. The van der Waals surface area contributed by atoms with Gasteiger partial charge >= 0.3 is 5.97 Å². The summed E-state index contributed by atoms with van der Waals surface area (Å²) in [5, 5.41) is 0. The molecule has 0 heterocycles. The van der Waals surface area contributed by atoms with E-state index in [1.54, 1.807) is 0 Å². The van der Waals surface area contributed by atoms with E-state index in [2.05, 4.69) is 48.9 Å². The summed E-state index contributed by atoms with van der Waals surface area (Å²) >= 11 is 0. The second-order valence-corrected chi connectivity index (χ2v) is 3.42. The second-order valence-electron chi connectivity index (χ2n) is 3.42. The Morgan fingerprint density at radius 1 is 1.33 bits per heavy atom. The molecule has 0 aliphatic carbocycles. The minimum atomic E-state index is -0.245. The van der Waals surface area contributed by atoms with Crippen molar-refractivity contribution < 1.29 is 9.53 Å². The van der Waals surface area contributed by atoms with Gasteiger partial charge in [0.15, 0.2) is 0 Å². The largest absolute Gasteiger partial charge is 0.469 e. The lowest BCUT2D eigenvalue weighted by Crippen LogP contribution is -1.88. The van der Waals surface area contributed by atoms with Gasteiger partial charge in [-0.15, -0.1) is 0 Å². The summed E-state index contributed by atoms with van der Waals surface area (Å²) in [5.74, 6) is 0.464. The van der Waals surface area contributed by atoms with Gasteiger partial charge in [0.2, 0.25) is 0 Å². The van der Waals surface area contributed by atoms with Crippen LogP contribution >= 0.6 is 0 Å². The van der Waals surface area contributed by atoms with Crippen LogP contribution in [0.15, 0.2) is 30.3 Å². The molecule has 1 unspecified atom stereocenters. The zero-order valence-electron chi connectivity index (χ0n) is 9.99. The summed E-state index contributed by atoms with van der Waals surface area (Å²) in [5.41, 5.74) is 1.45. The van der Waals surface area contributed by atoms with Crippen molar-refractivity contribution in [2.75, 3.05) is 7.11 Å². The second kappa shape index (κ2) is 8.04. The zero-order valence-corrected chi connectivity index (χ0v) is 9.99. The van der Waals surface area contributed by atoms with Gasteiger partial charge < -0.3 is 4.74 Å². The van der Waals surface area contributed by atoms with E-state index in [4.69, 9.17) is 0 Å². The highest BCUT2D eigenvalue weighted by atomic mass is 16.5. The molecule has 0 amide bonds. The first-order valence-corrected chi connectivity index (χ1v) is 5.21. The van der Waals surface area contributed by atoms with Crippen LogP contribution in [0.2, 0.25) is 0 Å². The Hall–Kier alpha value is -1.31. The van der Waals surface area contributed by atoms with Crippen LogP contribution in [0.5, 0.6) is 0 Å². The molecule has 0 spiro atoms. The molecule has 1 aromatic rings. The maximum atomic E-state index is 9.59. The van der Waals surface area contributed by atoms with Gasteiger partial charge in [-0.1, -0.05) is 44.2 Å². The van der Waals surface area contributed by atoms with Crippen molar-refractivity contribution in [3.8, 4) is 0 Å². The summed E-state index contributed by atoms with van der Waals surface area (Å²) in [6.45, 7) is 5.84. The van der Waals surface area contributed by atoms with Crippen molar-refractivity contribution in [1.29, 1.82) is 0 Å². The first kappa shape index (κ1) is 13.7. The first-order valence-electron chi connectivity index (χ1n) is 5.21. The van der Waals surface area contributed by atoms with E-state index in [9.17, 15) is 4.79 Å². The quantitative estimate of drug-likeness (QED) is 0.696. The van der Waals surface area contributed by atoms with Crippen molar-refractivity contribution >= 4 is 5.97 Å². The van der Waals surface area contributed by atoms with Crippen LogP contribution in [0.4, 0.5) is 0 Å². The molecule has 0 saturated heterocycles. The van der Waals surface area contributed by atoms with E-state index in [1.807, 2.05) is 0 Å². The molecular weight excluding hydrogens is 188 g/mol. The fraction of sp³-hybridized carbons (Fsp3) is 0.462. The van der Waals surface area contributed by atoms with Crippen LogP contribution in [0.25, 0.3) is 0 Å². The number of esters is 1. The standard InChI is InChI=1S/C10H14.C3H6O2/c1-3-9(2)10-7-5-4-6-8-10;1-3(4)5-2/h4-9H,3H2,1-2H3;1-2H3. The number of methoxy groups -OCH3 is 1. The maximum absolute atomic E-state index is 9.59. The monoisotopic (exact) mass is 208 g/mol. The molecule has 0 bridgehead atoms. The lowest BCUT2D eigenvalue weighted by atomic mass is 9.99. The molecule has 2 nitrogen and oxygen atoms in total. The van der Waals surface area contributed by atoms with Crippen LogP contribution in [-0.4, -0.2) is 13.1 Å². The number of ether oxygens (including phenoxy) is 1. The number of benzene rings is 1. The topological polar surface area (TPSA) is 26.3 Å². The lowest BCUT2D eigenvalue weighted by molar-refractivity contribution is -0.137. The van der Waals surface area contributed by atoms with Gasteiger partial charge in [0.1, 0.15) is 0 Å². The highest BCUT2D eigenvalue weighted by Crippen LogP contribution is 2.16. The van der Waals surface area contributed by atoms with E-state index in [0.717, 1.165) is 0 Å². The summed E-state index contributed by atoms with van der Waals surface area (Å²) in [6.07, 6.45) is 1.23. The van der Waals surface area contributed by atoms with E-state index in [1.165, 1.54) is 26.0 Å². The Morgan fingerprint density at radius 3 is 2.13 bits per heavy atom. The van der Waals surface area contributed by atoms with Gasteiger partial charge in [-0.3, -0.25) is 4.79 Å². The molecule has 0 aromatic heterocycles. The average molecular weight is 208 g/mol. The molecule has 84 valence electrons. The molecule has 0 N–H and O–H groups in total. The van der Waals surface area contributed by atoms with Crippen LogP contribution in [0.1, 0.15) is 38.7 Å². The Kier molecular flexibility index (Phi) is 7.33. The van der Waals surface area contributed by atoms with E-state index in [-0.39, 0.29) is 5.97 Å². The average Bonchev–Trinajstić information content (AvgIpc) is 2.30. The van der Waals surface area contributed by atoms with Gasteiger partial charge in [-0.2, -0.15) is 0 Å². The predicted molar refractivity (Wildman–Crippen MR) is 62.8 cm³/mol. The van der Waals surface area contributed by atoms with Gasteiger partial charge in [-0.25, -0.2) is 0 Å². The summed E-state index contributed by atoms with van der Waals surface area (Å²) in [4.78, 5) is 9.59. The molecule has 1 atom stereocenters. The predicted octanol–water partition coefficient (Wildman–Crippen LogP) is 3.38. The fourth-order valence-electron chi connectivity index (χ4n) is 1.02. The number of hydrogen-bond acceptors (Lipinski definition) is 2. The fourth-order valence-corrected chi connectivity index (χ4v) is 1.02. The number of rotatable bonds is 2. The molecule has 0 fully saturated rings. The van der Waals surface area contributed by atoms with Crippen LogP contribution in [0.3, 0.4) is 0 Å². The molecule has 1 aromatic carbocycles. The summed E-state index contributed by atoms with van der Waals surface area (Å²) in [7, 11) is 1.35. The Morgan fingerprint density at radius 2 is 1.80 bits per heavy atom. The number of carbonyl (C=O) groups excluding carboxylic acids is 1. The highest BCUT2D eigenvalue weighted by Gasteiger charge is 1.98. The van der Waals surface area contributed by atoms with Crippen molar-refractivity contribution in [2.24, 2.45) is 0 Å². The summed E-state index contributed by atoms with van der Waals surface area (Å²) in [6, 6.07) is 10.6. The first-order chi connectivity index (χ1) is 7.11. The molecule has 15 heavy (non-hydrogen) atoms. The van der Waals surface area contributed by atoms with Crippen molar-refractivity contribution in [2.45, 2.75) is 33.1 Å². The highest BCUT2D eigenvalue weighted by molar-refractivity contribution is 5.65. The minimum Gasteiger partial charge on any atom is -0.469 e. The molecule has 2 heteroatoms. The molecule has 0 aliphatic heterocycles. The Bertz CT molecular complexity index is 267. The third-order valence-electron chi connectivity index (χ3n) is 2.27. The third kappa shape index (κ3) is 6.72. The molecule has 0 saturated carbocycles. The Labute approximate surface area is 92.3 Å². The van der Waals surface area contributed by atoms with Gasteiger partial charge in [0.05, 0.1) is 7.11 Å². The molecule has 0 radical (unpaired) electrons. The zero-order chi connectivity index (χ0) is 11.7. The lowest BCUT2D eigenvalue weighted by Gasteiger charge is -2.06. The van der Waals surface area contributed by atoms with Crippen molar-refractivity contribution in [1.82, 2.24) is 0 Å². The number of hydrogen-bond donors (Lipinski definition) is 0. The SMILES string of the molecule is CCC(C)c1ccccc1.COC(C)=O. The number of carbonyl (C=O) groups is 1. The van der Waals surface area contributed by atoms with E-state index < -0.39 is 0 Å². The smallest absolute Gasteiger partial charge is 0.302 e. The van der Waals surface area contributed by atoms with Crippen LogP contribution in [0, 0.1) is 0 Å². The molecule has 1 rings (SSSR count). The normalized spacial score (nSPS) is 10.9. The minimum absolute atomic E-state index is 0.245. The van der Waals surface area contributed by atoms with Crippen LogP contribution in [-0.2, 0) is 9.53 Å². The van der Waals surface area contributed by atoms with Crippen molar-refractivity contribution in [3.05, 3.63) is 35.9 Å². The van der Waals surface area contributed by atoms with Gasteiger partial charge in [-0.05, 0) is 17.9 Å². The van der Waals surface area contributed by atoms with E-state index >= 15 is 0 Å².